The highest BCUT2D eigenvalue weighted by Gasteiger charge is 2.18. The Balaban J connectivity index is 2.10. The molecule has 146 valence electrons. The number of benzene rings is 2. The number of hydrogen-bond donors (Lipinski definition) is 2. The Hall–Kier alpha value is -2.54. The van der Waals surface area contributed by atoms with Crippen LogP contribution >= 0.6 is 0 Å². The van der Waals surface area contributed by atoms with Gasteiger partial charge in [-0.1, -0.05) is 25.1 Å². The van der Waals surface area contributed by atoms with E-state index in [0.29, 0.717) is 11.4 Å². The highest BCUT2D eigenvalue weighted by molar-refractivity contribution is 7.92. The number of sulfonamides is 1. The van der Waals surface area contributed by atoms with Crippen molar-refractivity contribution < 1.29 is 17.9 Å². The van der Waals surface area contributed by atoms with Crippen LogP contribution in [0.1, 0.15) is 33.3 Å². The van der Waals surface area contributed by atoms with Crippen LogP contribution in [-0.2, 0) is 21.2 Å². The number of carbonyl (C=O) groups is 1. The summed E-state index contributed by atoms with van der Waals surface area (Å²) >= 11 is 0. The summed E-state index contributed by atoms with van der Waals surface area (Å²) in [6.45, 7) is 7.35. The molecule has 0 saturated carbocycles. The van der Waals surface area contributed by atoms with Gasteiger partial charge in [0.2, 0.25) is 0 Å². The van der Waals surface area contributed by atoms with E-state index in [1.165, 1.54) is 12.1 Å². The lowest BCUT2D eigenvalue weighted by molar-refractivity contribution is -0.127. The normalized spacial score (nSPS) is 12.5. The number of carbonyl (C=O) groups excluding carboxylic acids is 1. The molecule has 0 aliphatic carbocycles. The molecule has 0 radical (unpaired) electrons. The number of rotatable bonds is 8. The maximum Gasteiger partial charge on any atom is 0.261 e. The summed E-state index contributed by atoms with van der Waals surface area (Å²) in [6.07, 6.45) is 0.0475. The molecule has 6 nitrogen and oxygen atoms in total. The number of ether oxygens (including phenoxy) is 1. The Labute approximate surface area is 161 Å². The van der Waals surface area contributed by atoms with E-state index < -0.39 is 16.1 Å². The van der Waals surface area contributed by atoms with Gasteiger partial charge in [-0.3, -0.25) is 9.52 Å². The molecule has 0 aliphatic heterocycles. The minimum Gasteiger partial charge on any atom is -0.481 e. The molecule has 0 heterocycles. The molecule has 2 aromatic rings. The summed E-state index contributed by atoms with van der Waals surface area (Å²) in [5.74, 6) is 0.203. The van der Waals surface area contributed by atoms with Gasteiger partial charge in [-0.2, -0.15) is 0 Å². The lowest BCUT2D eigenvalue weighted by atomic mass is 10.1. The molecule has 0 fully saturated rings. The summed E-state index contributed by atoms with van der Waals surface area (Å²) < 4.78 is 33.4. The van der Waals surface area contributed by atoms with Crippen LogP contribution in [0.5, 0.6) is 5.75 Å². The highest BCUT2D eigenvalue weighted by Crippen LogP contribution is 2.22. The number of anilines is 1. The van der Waals surface area contributed by atoms with Crippen LogP contribution in [0.15, 0.2) is 53.4 Å². The lowest BCUT2D eigenvalue weighted by Gasteiger charge is -2.17. The first-order valence-corrected chi connectivity index (χ1v) is 10.4. The van der Waals surface area contributed by atoms with Crippen molar-refractivity contribution in [3.8, 4) is 5.75 Å². The van der Waals surface area contributed by atoms with Gasteiger partial charge >= 0.3 is 0 Å². The van der Waals surface area contributed by atoms with E-state index in [-0.39, 0.29) is 16.8 Å². The maximum absolute atomic E-state index is 12.6. The highest BCUT2D eigenvalue weighted by atomic mass is 32.2. The average Bonchev–Trinajstić information content (AvgIpc) is 2.61. The van der Waals surface area contributed by atoms with Gasteiger partial charge in [0.15, 0.2) is 6.10 Å². The zero-order valence-corrected chi connectivity index (χ0v) is 16.8. The molecule has 2 N–H and O–H groups in total. The second-order valence-electron chi connectivity index (χ2n) is 6.51. The van der Waals surface area contributed by atoms with E-state index in [9.17, 15) is 13.2 Å². The molecule has 0 unspecified atom stereocenters. The number of amides is 1. The summed E-state index contributed by atoms with van der Waals surface area (Å²) in [4.78, 5) is 12.0. The topological polar surface area (TPSA) is 84.5 Å². The Morgan fingerprint density at radius 2 is 1.67 bits per heavy atom. The van der Waals surface area contributed by atoms with Gasteiger partial charge in [-0.05, 0) is 63.1 Å². The number of aryl methyl sites for hydroxylation is 1. The van der Waals surface area contributed by atoms with E-state index >= 15 is 0 Å². The first-order chi connectivity index (χ1) is 12.7. The van der Waals surface area contributed by atoms with Crippen LogP contribution in [0, 0.1) is 0 Å². The van der Waals surface area contributed by atoms with E-state index in [1.54, 1.807) is 31.2 Å². The molecule has 0 bridgehead atoms. The van der Waals surface area contributed by atoms with E-state index in [2.05, 4.69) is 10.0 Å². The molecule has 27 heavy (non-hydrogen) atoms. The zero-order chi connectivity index (χ0) is 20.0. The SMILES string of the molecule is CCc1ccccc1NS(=O)(=O)c1ccc(O[C@@H](C)C(=O)NC(C)C)cc1. The van der Waals surface area contributed by atoms with Gasteiger partial charge in [-0.25, -0.2) is 8.42 Å². The van der Waals surface area contributed by atoms with E-state index in [4.69, 9.17) is 4.74 Å². The van der Waals surface area contributed by atoms with Crippen molar-refractivity contribution in [2.75, 3.05) is 4.72 Å². The standard InChI is InChI=1S/C20H26N2O4S/c1-5-16-8-6-7-9-19(16)22-27(24,25)18-12-10-17(11-13-18)26-15(4)20(23)21-14(2)3/h6-15,22H,5H2,1-4H3,(H,21,23)/t15-/m0/s1. The van der Waals surface area contributed by atoms with Crippen LogP contribution < -0.4 is 14.8 Å². The summed E-state index contributed by atoms with van der Waals surface area (Å²) in [5, 5.41) is 2.77. The van der Waals surface area contributed by atoms with Crippen molar-refractivity contribution in [2.24, 2.45) is 0 Å². The molecular formula is C20H26N2O4S. The van der Waals surface area contributed by atoms with Crippen LogP contribution in [0.2, 0.25) is 0 Å². The first-order valence-electron chi connectivity index (χ1n) is 8.90. The smallest absolute Gasteiger partial charge is 0.261 e. The molecule has 7 heteroatoms. The molecule has 2 rings (SSSR count). The van der Waals surface area contributed by atoms with Crippen LogP contribution in [0.3, 0.4) is 0 Å². The molecular weight excluding hydrogens is 364 g/mol. The van der Waals surface area contributed by atoms with Gasteiger partial charge in [0.25, 0.3) is 15.9 Å². The monoisotopic (exact) mass is 390 g/mol. The van der Waals surface area contributed by atoms with E-state index in [1.807, 2.05) is 32.9 Å². The quantitative estimate of drug-likeness (QED) is 0.724. The Bertz CT molecular complexity index is 877. The van der Waals surface area contributed by atoms with E-state index in [0.717, 1.165) is 12.0 Å². The molecule has 0 aliphatic rings. The number of nitrogens with one attached hydrogen (secondary N) is 2. The van der Waals surface area contributed by atoms with Crippen molar-refractivity contribution in [3.05, 3.63) is 54.1 Å². The van der Waals surface area contributed by atoms with Crippen molar-refractivity contribution in [3.63, 3.8) is 0 Å². The van der Waals surface area contributed by atoms with Gasteiger partial charge < -0.3 is 10.1 Å². The minimum absolute atomic E-state index is 0.0214. The largest absolute Gasteiger partial charge is 0.481 e. The molecule has 0 spiro atoms. The molecule has 0 saturated heterocycles. The first kappa shape index (κ1) is 20.8. The van der Waals surface area contributed by atoms with Crippen molar-refractivity contribution in [2.45, 2.75) is 51.2 Å². The Morgan fingerprint density at radius 1 is 1.04 bits per heavy atom. The third kappa shape index (κ3) is 5.72. The van der Waals surface area contributed by atoms with Crippen molar-refractivity contribution >= 4 is 21.6 Å². The summed E-state index contributed by atoms with van der Waals surface area (Å²) in [5.41, 5.74) is 1.49. The molecule has 1 amide bonds. The Morgan fingerprint density at radius 3 is 2.26 bits per heavy atom. The summed E-state index contributed by atoms with van der Waals surface area (Å²) in [6, 6.07) is 13.3. The van der Waals surface area contributed by atoms with Crippen LogP contribution in [0.25, 0.3) is 0 Å². The van der Waals surface area contributed by atoms with Crippen LogP contribution in [0.4, 0.5) is 5.69 Å². The minimum atomic E-state index is -3.71. The molecule has 0 aromatic heterocycles. The fourth-order valence-corrected chi connectivity index (χ4v) is 3.59. The molecule has 2 aromatic carbocycles. The molecule has 1 atom stereocenters. The fourth-order valence-electron chi connectivity index (χ4n) is 2.49. The third-order valence-electron chi connectivity index (χ3n) is 3.89. The zero-order valence-electron chi connectivity index (χ0n) is 16.0. The Kier molecular flexibility index (Phi) is 6.85. The van der Waals surface area contributed by atoms with Gasteiger partial charge in [0.05, 0.1) is 10.6 Å². The third-order valence-corrected chi connectivity index (χ3v) is 5.27. The average molecular weight is 391 g/mol. The fraction of sp³-hybridized carbons (Fsp3) is 0.350. The predicted molar refractivity (Wildman–Crippen MR) is 106 cm³/mol. The maximum atomic E-state index is 12.6. The van der Waals surface area contributed by atoms with Crippen molar-refractivity contribution in [1.82, 2.24) is 5.32 Å². The second-order valence-corrected chi connectivity index (χ2v) is 8.19. The van der Waals surface area contributed by atoms with Crippen molar-refractivity contribution in [1.29, 1.82) is 0 Å². The second kappa shape index (κ2) is 8.90. The number of para-hydroxylation sites is 1. The van der Waals surface area contributed by atoms with Gasteiger partial charge in [0, 0.05) is 6.04 Å². The number of hydrogen-bond acceptors (Lipinski definition) is 4. The van der Waals surface area contributed by atoms with Gasteiger partial charge in [0.1, 0.15) is 5.75 Å². The van der Waals surface area contributed by atoms with Gasteiger partial charge in [-0.15, -0.1) is 0 Å². The summed E-state index contributed by atoms with van der Waals surface area (Å²) in [7, 11) is -3.71. The predicted octanol–water partition coefficient (Wildman–Crippen LogP) is 3.34. The lowest BCUT2D eigenvalue weighted by Crippen LogP contribution is -2.40. The van der Waals surface area contributed by atoms with Crippen LogP contribution in [-0.4, -0.2) is 26.5 Å².